The van der Waals surface area contributed by atoms with Gasteiger partial charge < -0.3 is 28.3 Å². The zero-order chi connectivity index (χ0) is 25.5. The monoisotopic (exact) mass is 533 g/mol. The van der Waals surface area contributed by atoms with Crippen molar-refractivity contribution in [2.75, 3.05) is 42.3 Å². The van der Waals surface area contributed by atoms with Gasteiger partial charge in [-0.15, -0.1) is 0 Å². The summed E-state index contributed by atoms with van der Waals surface area (Å²) in [7, 11) is 3.37. The lowest BCUT2D eigenvalue weighted by molar-refractivity contribution is -0.127. The molecule has 0 aliphatic carbocycles. The molecule has 10 nitrogen and oxygen atoms in total. The average molecular weight is 535 g/mol. The number of phosphoric acid groups is 1. The van der Waals surface area contributed by atoms with E-state index in [2.05, 4.69) is 0 Å². The molecule has 0 aliphatic rings. The average Bonchev–Trinajstić information content (AvgIpc) is 2.66. The van der Waals surface area contributed by atoms with Gasteiger partial charge in [-0.25, -0.2) is 0 Å². The van der Waals surface area contributed by atoms with Crippen molar-refractivity contribution < 1.29 is 32.5 Å². The van der Waals surface area contributed by atoms with Gasteiger partial charge in [-0.3, -0.25) is 14.4 Å². The molecule has 182 valence electrons. The molecule has 0 saturated heterocycles. The molecule has 0 aromatic rings. The predicted molar refractivity (Wildman–Crippen MR) is 123 cm³/mol. The van der Waals surface area contributed by atoms with Gasteiger partial charge in [-0.05, 0) is 20.8 Å². The maximum Gasteiger partial charge on any atom is 0.647 e. The highest BCUT2D eigenvalue weighted by atomic mass is 35.5. The van der Waals surface area contributed by atoms with E-state index in [0.29, 0.717) is 0 Å². The SMILES string of the molecule is C/C(Cl)=C(\OP(=O)(O/C(C(=O)N(C)C)=C(\C)Cl)O/C(C(=O)N(C)C)=C(\C)Cl)C(=O)N(C)C. The third-order valence-corrected chi connectivity index (χ3v) is 5.08. The van der Waals surface area contributed by atoms with Gasteiger partial charge in [0.15, 0.2) is 0 Å². The number of nitrogens with zero attached hydrogens (tertiary/aromatic N) is 3. The number of halogens is 3. The molecule has 0 aromatic carbocycles. The van der Waals surface area contributed by atoms with Crippen molar-refractivity contribution in [1.82, 2.24) is 14.7 Å². The summed E-state index contributed by atoms with van der Waals surface area (Å²) in [5, 5.41) is -0.597. The van der Waals surface area contributed by atoms with Crippen LogP contribution in [0.15, 0.2) is 32.4 Å². The Kier molecular flexibility index (Phi) is 11.7. The Hall–Kier alpha value is -1.87. The van der Waals surface area contributed by atoms with Crippen LogP contribution in [-0.2, 0) is 32.5 Å². The Labute approximate surface area is 202 Å². The number of hydrogen-bond donors (Lipinski definition) is 0. The molecule has 0 aromatic heterocycles. The van der Waals surface area contributed by atoms with Crippen LogP contribution in [0, 0.1) is 0 Å². The molecule has 0 atom stereocenters. The minimum Gasteiger partial charge on any atom is -0.379 e. The Morgan fingerprint density at radius 3 is 0.875 bits per heavy atom. The second-order valence-corrected chi connectivity index (χ2v) is 10.1. The number of rotatable bonds is 9. The van der Waals surface area contributed by atoms with Gasteiger partial charge in [-0.2, -0.15) is 4.57 Å². The summed E-state index contributed by atoms with van der Waals surface area (Å²) in [4.78, 5) is 40.7. The van der Waals surface area contributed by atoms with E-state index in [9.17, 15) is 18.9 Å². The van der Waals surface area contributed by atoms with Crippen LogP contribution in [0.1, 0.15) is 20.8 Å². The zero-order valence-electron chi connectivity index (χ0n) is 19.3. The molecule has 32 heavy (non-hydrogen) atoms. The number of amides is 3. The minimum absolute atomic E-state index is 0.199. The first kappa shape index (κ1) is 30.1. The number of likely N-dealkylation sites (N-methyl/N-ethyl adjacent to an activating group) is 3. The second-order valence-electron chi connectivity index (χ2n) is 6.91. The Bertz CT molecular complexity index is 785. The van der Waals surface area contributed by atoms with Crippen LogP contribution >= 0.6 is 42.6 Å². The van der Waals surface area contributed by atoms with Crippen molar-refractivity contribution >= 4 is 60.3 Å². The molecule has 3 amide bonds. The fourth-order valence-electron chi connectivity index (χ4n) is 1.75. The highest BCUT2D eigenvalue weighted by Crippen LogP contribution is 2.56. The lowest BCUT2D eigenvalue weighted by Crippen LogP contribution is -2.28. The van der Waals surface area contributed by atoms with Crippen LogP contribution in [0.3, 0.4) is 0 Å². The van der Waals surface area contributed by atoms with E-state index in [1.165, 1.54) is 63.1 Å². The van der Waals surface area contributed by atoms with Gasteiger partial charge >= 0.3 is 7.82 Å². The van der Waals surface area contributed by atoms with E-state index >= 15 is 0 Å². The summed E-state index contributed by atoms with van der Waals surface area (Å²) in [6.45, 7) is 3.89. The van der Waals surface area contributed by atoms with Gasteiger partial charge in [0.2, 0.25) is 17.3 Å². The van der Waals surface area contributed by atoms with Crippen molar-refractivity contribution in [3.63, 3.8) is 0 Å². The number of hydrogen-bond acceptors (Lipinski definition) is 7. The van der Waals surface area contributed by atoms with E-state index in [1.54, 1.807) is 0 Å². The van der Waals surface area contributed by atoms with E-state index in [-0.39, 0.29) is 15.1 Å². The Morgan fingerprint density at radius 1 is 0.562 bits per heavy atom. The molecule has 0 bridgehead atoms. The third kappa shape index (κ3) is 8.58. The fraction of sp³-hybridized carbons (Fsp3) is 0.500. The van der Waals surface area contributed by atoms with E-state index in [0.717, 1.165) is 14.7 Å². The van der Waals surface area contributed by atoms with Crippen molar-refractivity contribution in [3.05, 3.63) is 32.4 Å². The van der Waals surface area contributed by atoms with Crippen LogP contribution in [0.25, 0.3) is 0 Å². The zero-order valence-corrected chi connectivity index (χ0v) is 22.4. The molecule has 0 saturated carbocycles. The van der Waals surface area contributed by atoms with E-state index < -0.39 is 42.8 Å². The van der Waals surface area contributed by atoms with Crippen LogP contribution in [-0.4, -0.2) is 74.7 Å². The summed E-state index contributed by atoms with van der Waals surface area (Å²) in [5.74, 6) is -4.18. The Morgan fingerprint density at radius 2 is 0.750 bits per heavy atom. The molecule has 0 spiro atoms. The first-order chi connectivity index (χ1) is 14.4. The molecule has 0 heterocycles. The van der Waals surface area contributed by atoms with Gasteiger partial charge in [0.1, 0.15) is 0 Å². The summed E-state index contributed by atoms with van der Waals surface area (Å²) < 4.78 is 29.5. The number of carbonyl (C=O) groups is 3. The lowest BCUT2D eigenvalue weighted by atomic mass is 10.4. The topological polar surface area (TPSA) is 106 Å². The molecule has 0 aliphatic heterocycles. The van der Waals surface area contributed by atoms with Crippen molar-refractivity contribution in [2.24, 2.45) is 0 Å². The van der Waals surface area contributed by atoms with E-state index in [4.69, 9.17) is 48.4 Å². The molecule has 14 heteroatoms. The standard InChI is InChI=1S/C18H27Cl3N3O7P/c1-10(19)13(16(25)22(4)5)29-32(28,30-14(11(2)20)17(26)23(6)7)31-15(12(3)21)18(27)24(8)9/h1-9H3/b13-10+,14-11+,15-12+. The quantitative estimate of drug-likeness (QED) is 0.251. The van der Waals surface area contributed by atoms with Crippen molar-refractivity contribution in [2.45, 2.75) is 20.8 Å². The van der Waals surface area contributed by atoms with Crippen molar-refractivity contribution in [3.8, 4) is 0 Å². The predicted octanol–water partition coefficient (Wildman–Crippen LogP) is 3.82. The van der Waals surface area contributed by atoms with Crippen LogP contribution in [0.5, 0.6) is 0 Å². The molecular weight excluding hydrogens is 508 g/mol. The normalized spacial score (nSPS) is 13.8. The third-order valence-electron chi connectivity index (χ3n) is 3.35. The molecule has 0 radical (unpaired) electrons. The van der Waals surface area contributed by atoms with Gasteiger partial charge in [-0.1, -0.05) is 34.8 Å². The maximum absolute atomic E-state index is 13.7. The largest absolute Gasteiger partial charge is 0.647 e. The van der Waals surface area contributed by atoms with E-state index in [1.807, 2.05) is 0 Å². The molecular formula is C18H27Cl3N3O7P. The summed E-state index contributed by atoms with van der Waals surface area (Å²) in [5.41, 5.74) is 0. The molecule has 0 N–H and O–H groups in total. The number of phosphoric ester groups is 1. The first-order valence-corrected chi connectivity index (χ1v) is 11.5. The highest BCUT2D eigenvalue weighted by Gasteiger charge is 2.42. The van der Waals surface area contributed by atoms with Crippen LogP contribution in [0.2, 0.25) is 0 Å². The molecule has 0 rings (SSSR count). The number of allylic oxidation sites excluding steroid dienone is 3. The fourth-order valence-corrected chi connectivity index (χ4v) is 3.70. The smallest absolute Gasteiger partial charge is 0.379 e. The van der Waals surface area contributed by atoms with Crippen molar-refractivity contribution in [1.29, 1.82) is 0 Å². The highest BCUT2D eigenvalue weighted by molar-refractivity contribution is 7.49. The first-order valence-electron chi connectivity index (χ1n) is 8.88. The lowest BCUT2D eigenvalue weighted by Gasteiger charge is -2.25. The van der Waals surface area contributed by atoms with Gasteiger partial charge in [0, 0.05) is 42.3 Å². The van der Waals surface area contributed by atoms with Gasteiger partial charge in [0.05, 0.1) is 15.1 Å². The van der Waals surface area contributed by atoms with Crippen LogP contribution < -0.4 is 0 Å². The molecule has 0 fully saturated rings. The Balaban J connectivity index is 6.74. The summed E-state index contributed by atoms with van der Waals surface area (Å²) >= 11 is 17.9. The molecule has 0 unspecified atom stereocenters. The summed E-state index contributed by atoms with van der Waals surface area (Å²) in [6.07, 6.45) is 0. The van der Waals surface area contributed by atoms with Crippen LogP contribution in [0.4, 0.5) is 0 Å². The minimum atomic E-state index is -5.00. The maximum atomic E-state index is 13.7. The second kappa shape index (κ2) is 12.4. The van der Waals surface area contributed by atoms with Gasteiger partial charge in [0.25, 0.3) is 17.7 Å². The number of carbonyl (C=O) groups excluding carboxylic acids is 3. The summed E-state index contributed by atoms with van der Waals surface area (Å²) in [6, 6.07) is 0.